The second-order valence-corrected chi connectivity index (χ2v) is 5.61. The number of nitrogens with one attached hydrogen (secondary N) is 1. The van der Waals surface area contributed by atoms with Crippen LogP contribution in [0.5, 0.6) is 0 Å². The lowest BCUT2D eigenvalue weighted by Crippen LogP contribution is -2.25. The van der Waals surface area contributed by atoms with Crippen LogP contribution in [0, 0.1) is 19.8 Å². The fourth-order valence-corrected chi connectivity index (χ4v) is 2.39. The average molecular weight is 265 g/mol. The fraction of sp³-hybridized carbons (Fsp3) is 0.733. The highest BCUT2D eigenvalue weighted by Crippen LogP contribution is 2.21. The molecule has 0 aliphatic heterocycles. The number of methoxy groups -OCH3 is 1. The summed E-state index contributed by atoms with van der Waals surface area (Å²) in [5.41, 5.74) is 3.40. The largest absolute Gasteiger partial charge is 0.377 e. The maximum absolute atomic E-state index is 5.09. The predicted octanol–water partition coefficient (Wildman–Crippen LogP) is 2.59. The smallest absolute Gasteiger partial charge is 0.154 e. The molecule has 19 heavy (non-hydrogen) atoms. The van der Waals surface area contributed by atoms with Gasteiger partial charge in [0.05, 0.1) is 0 Å². The SMILES string of the molecule is COCc1nc(C)c(C(C)CNCC(C)C)c(C)n1. The maximum atomic E-state index is 5.09. The number of nitrogens with zero attached hydrogens (tertiary/aromatic N) is 2. The summed E-state index contributed by atoms with van der Waals surface area (Å²) in [6.07, 6.45) is 0. The molecule has 4 nitrogen and oxygen atoms in total. The summed E-state index contributed by atoms with van der Waals surface area (Å²) < 4.78 is 5.09. The molecule has 0 bridgehead atoms. The summed E-state index contributed by atoms with van der Waals surface area (Å²) in [6.45, 7) is 13.3. The van der Waals surface area contributed by atoms with Gasteiger partial charge in [0, 0.05) is 25.0 Å². The number of rotatable bonds is 7. The molecule has 0 aliphatic carbocycles. The highest BCUT2D eigenvalue weighted by molar-refractivity contribution is 5.28. The number of aromatic nitrogens is 2. The Morgan fingerprint density at radius 1 is 1.05 bits per heavy atom. The Balaban J connectivity index is 2.76. The van der Waals surface area contributed by atoms with Gasteiger partial charge in [-0.2, -0.15) is 0 Å². The topological polar surface area (TPSA) is 47.0 Å². The third-order valence-corrected chi connectivity index (χ3v) is 3.14. The molecular formula is C15H27N3O. The van der Waals surface area contributed by atoms with Crippen molar-refractivity contribution in [3.05, 3.63) is 22.8 Å². The van der Waals surface area contributed by atoms with Crippen LogP contribution >= 0.6 is 0 Å². The Morgan fingerprint density at radius 2 is 1.63 bits per heavy atom. The minimum atomic E-state index is 0.426. The Bertz CT molecular complexity index is 381. The summed E-state index contributed by atoms with van der Waals surface area (Å²) in [7, 11) is 1.67. The van der Waals surface area contributed by atoms with Crippen molar-refractivity contribution in [3.63, 3.8) is 0 Å². The van der Waals surface area contributed by atoms with Gasteiger partial charge in [-0.3, -0.25) is 0 Å². The second-order valence-electron chi connectivity index (χ2n) is 5.61. The molecule has 1 aromatic rings. The van der Waals surface area contributed by atoms with E-state index in [2.05, 4.69) is 49.9 Å². The molecule has 1 rings (SSSR count). The van der Waals surface area contributed by atoms with Crippen molar-refractivity contribution in [1.29, 1.82) is 0 Å². The molecule has 0 aromatic carbocycles. The minimum Gasteiger partial charge on any atom is -0.377 e. The van der Waals surface area contributed by atoms with Crippen LogP contribution in [0.2, 0.25) is 0 Å². The van der Waals surface area contributed by atoms with Gasteiger partial charge >= 0.3 is 0 Å². The van der Waals surface area contributed by atoms with E-state index in [9.17, 15) is 0 Å². The van der Waals surface area contributed by atoms with Gasteiger partial charge in [-0.25, -0.2) is 9.97 Å². The van der Waals surface area contributed by atoms with Crippen molar-refractivity contribution in [2.24, 2.45) is 5.92 Å². The Morgan fingerprint density at radius 3 is 2.11 bits per heavy atom. The van der Waals surface area contributed by atoms with Crippen molar-refractivity contribution in [1.82, 2.24) is 15.3 Å². The van der Waals surface area contributed by atoms with Crippen molar-refractivity contribution < 1.29 is 4.74 Å². The molecule has 1 aromatic heterocycles. The predicted molar refractivity (Wildman–Crippen MR) is 78.3 cm³/mol. The van der Waals surface area contributed by atoms with E-state index >= 15 is 0 Å². The molecular weight excluding hydrogens is 238 g/mol. The van der Waals surface area contributed by atoms with E-state index in [1.165, 1.54) is 5.56 Å². The molecule has 0 saturated carbocycles. The van der Waals surface area contributed by atoms with Crippen LogP contribution in [0.3, 0.4) is 0 Å². The van der Waals surface area contributed by atoms with Crippen LogP contribution in [0.1, 0.15) is 49.5 Å². The van der Waals surface area contributed by atoms with Crippen LogP contribution in [0.4, 0.5) is 0 Å². The third-order valence-electron chi connectivity index (χ3n) is 3.14. The second kappa shape index (κ2) is 7.56. The monoisotopic (exact) mass is 265 g/mol. The highest BCUT2D eigenvalue weighted by Gasteiger charge is 2.15. The van der Waals surface area contributed by atoms with Crippen LogP contribution < -0.4 is 5.32 Å². The fourth-order valence-electron chi connectivity index (χ4n) is 2.39. The molecule has 1 heterocycles. The van der Waals surface area contributed by atoms with Crippen molar-refractivity contribution >= 4 is 0 Å². The van der Waals surface area contributed by atoms with Crippen molar-refractivity contribution in [2.75, 3.05) is 20.2 Å². The average Bonchev–Trinajstić information content (AvgIpc) is 2.27. The van der Waals surface area contributed by atoms with Gasteiger partial charge < -0.3 is 10.1 Å². The zero-order valence-corrected chi connectivity index (χ0v) is 13.1. The van der Waals surface area contributed by atoms with Crippen LogP contribution in [-0.2, 0) is 11.3 Å². The first-order valence-corrected chi connectivity index (χ1v) is 6.99. The van der Waals surface area contributed by atoms with Gasteiger partial charge in [0.2, 0.25) is 0 Å². The lowest BCUT2D eigenvalue weighted by atomic mass is 9.98. The molecule has 1 unspecified atom stereocenters. The third kappa shape index (κ3) is 4.88. The quantitative estimate of drug-likeness (QED) is 0.823. The molecule has 4 heteroatoms. The van der Waals surface area contributed by atoms with Crippen LogP contribution in [0.15, 0.2) is 0 Å². The zero-order chi connectivity index (χ0) is 14.4. The van der Waals surface area contributed by atoms with Crippen molar-refractivity contribution in [3.8, 4) is 0 Å². The molecule has 1 N–H and O–H groups in total. The normalized spacial score (nSPS) is 13.0. The lowest BCUT2D eigenvalue weighted by Gasteiger charge is -2.18. The Hall–Kier alpha value is -1.00. The molecule has 0 fully saturated rings. The van der Waals surface area contributed by atoms with Gasteiger partial charge in [0.15, 0.2) is 5.82 Å². The van der Waals surface area contributed by atoms with Crippen LogP contribution in [0.25, 0.3) is 0 Å². The number of hydrogen-bond donors (Lipinski definition) is 1. The minimum absolute atomic E-state index is 0.426. The first-order chi connectivity index (χ1) is 8.95. The standard InChI is InChI=1S/C15H27N3O/c1-10(2)7-16-8-11(3)15-12(4)17-14(9-19-6)18-13(15)5/h10-11,16H,7-9H2,1-6H3. The van der Waals surface area contributed by atoms with E-state index in [-0.39, 0.29) is 0 Å². The van der Waals surface area contributed by atoms with Gasteiger partial charge in [0.1, 0.15) is 6.61 Å². The first kappa shape index (κ1) is 16.1. The highest BCUT2D eigenvalue weighted by atomic mass is 16.5. The molecule has 0 aliphatic rings. The Labute approximate surface area is 117 Å². The summed E-state index contributed by atoms with van der Waals surface area (Å²) >= 11 is 0. The van der Waals surface area contributed by atoms with Gasteiger partial charge in [-0.1, -0.05) is 20.8 Å². The van der Waals surface area contributed by atoms with Crippen molar-refractivity contribution in [2.45, 2.75) is 47.1 Å². The summed E-state index contributed by atoms with van der Waals surface area (Å²) in [6, 6.07) is 0. The van der Waals surface area contributed by atoms with E-state index < -0.39 is 0 Å². The molecule has 0 amide bonds. The summed E-state index contributed by atoms with van der Waals surface area (Å²) in [5.74, 6) is 1.87. The Kier molecular flexibility index (Phi) is 6.38. The van der Waals surface area contributed by atoms with E-state index in [0.717, 1.165) is 30.3 Å². The molecule has 1 atom stereocenters. The van der Waals surface area contributed by atoms with Gasteiger partial charge in [-0.05, 0) is 37.8 Å². The van der Waals surface area contributed by atoms with Gasteiger partial charge in [0.25, 0.3) is 0 Å². The van der Waals surface area contributed by atoms with E-state index in [1.807, 2.05) is 0 Å². The van der Waals surface area contributed by atoms with Gasteiger partial charge in [-0.15, -0.1) is 0 Å². The summed E-state index contributed by atoms with van der Waals surface area (Å²) in [4.78, 5) is 9.05. The molecule has 0 saturated heterocycles. The van der Waals surface area contributed by atoms with Crippen LogP contribution in [-0.4, -0.2) is 30.2 Å². The molecule has 108 valence electrons. The number of ether oxygens (including phenoxy) is 1. The summed E-state index contributed by atoms with van der Waals surface area (Å²) in [5, 5.41) is 3.50. The molecule has 0 spiro atoms. The van der Waals surface area contributed by atoms with E-state index in [0.29, 0.717) is 18.4 Å². The number of aryl methyl sites for hydroxylation is 2. The lowest BCUT2D eigenvalue weighted by molar-refractivity contribution is 0.177. The zero-order valence-electron chi connectivity index (χ0n) is 13.1. The number of hydrogen-bond acceptors (Lipinski definition) is 4. The first-order valence-electron chi connectivity index (χ1n) is 6.99. The van der Waals surface area contributed by atoms with E-state index in [4.69, 9.17) is 4.74 Å². The van der Waals surface area contributed by atoms with E-state index in [1.54, 1.807) is 7.11 Å². The maximum Gasteiger partial charge on any atom is 0.154 e. The molecule has 0 radical (unpaired) electrons.